The number of ether oxygens (including phenoxy) is 2. The van der Waals surface area contributed by atoms with E-state index in [0.717, 1.165) is 0 Å². The van der Waals surface area contributed by atoms with Crippen LogP contribution in [-0.2, 0) is 16.6 Å². The quantitative estimate of drug-likeness (QED) is 0.770. The molecular weight excluding hydrogens is 224 g/mol. The van der Waals surface area contributed by atoms with Crippen LogP contribution in [0.2, 0.25) is 0 Å². The predicted molar refractivity (Wildman–Crippen MR) is 60.7 cm³/mol. The molecule has 1 N–H and O–H groups in total. The van der Waals surface area contributed by atoms with Gasteiger partial charge in [-0.2, -0.15) is 5.10 Å². The Labute approximate surface area is 100 Å². The lowest BCUT2D eigenvalue weighted by Gasteiger charge is -2.11. The van der Waals surface area contributed by atoms with Gasteiger partial charge in [-0.15, -0.1) is 0 Å². The second kappa shape index (κ2) is 5.67. The van der Waals surface area contributed by atoms with E-state index in [1.165, 1.54) is 11.8 Å². The van der Waals surface area contributed by atoms with Crippen LogP contribution in [0.25, 0.3) is 0 Å². The standard InChI is InChI=1S/C11H18N2O4/c1-5-17-9(15)6-8(14)10-7(2)12-13(3)11(10)16-4/h8,14H,5-6H2,1-4H3. The Bertz CT molecular complexity index is 400. The predicted octanol–water partition coefficient (Wildman–Crippen LogP) is 0.724. The summed E-state index contributed by atoms with van der Waals surface area (Å²) < 4.78 is 11.5. The molecule has 1 unspecified atom stereocenters. The molecule has 6 heteroatoms. The summed E-state index contributed by atoms with van der Waals surface area (Å²) in [7, 11) is 3.21. The zero-order valence-electron chi connectivity index (χ0n) is 10.6. The summed E-state index contributed by atoms with van der Waals surface area (Å²) >= 11 is 0. The molecule has 0 saturated heterocycles. The average Bonchev–Trinajstić information content (AvgIpc) is 2.52. The van der Waals surface area contributed by atoms with Crippen molar-refractivity contribution in [2.45, 2.75) is 26.4 Å². The zero-order valence-corrected chi connectivity index (χ0v) is 10.6. The fraction of sp³-hybridized carbons (Fsp3) is 0.636. The maximum absolute atomic E-state index is 11.3. The van der Waals surface area contributed by atoms with Crippen LogP contribution in [0.15, 0.2) is 0 Å². The van der Waals surface area contributed by atoms with Gasteiger partial charge in [0.1, 0.15) is 0 Å². The lowest BCUT2D eigenvalue weighted by Crippen LogP contribution is -2.11. The second-order valence-corrected chi connectivity index (χ2v) is 3.66. The molecule has 0 fully saturated rings. The molecule has 0 aliphatic rings. The first kappa shape index (κ1) is 13.5. The van der Waals surface area contributed by atoms with E-state index in [1.807, 2.05) is 0 Å². The summed E-state index contributed by atoms with van der Waals surface area (Å²) in [6, 6.07) is 0. The Morgan fingerprint density at radius 2 is 2.24 bits per heavy atom. The van der Waals surface area contributed by atoms with Crippen molar-refractivity contribution in [1.29, 1.82) is 0 Å². The smallest absolute Gasteiger partial charge is 0.308 e. The topological polar surface area (TPSA) is 73.6 Å². The number of aromatic nitrogens is 2. The third-order valence-corrected chi connectivity index (χ3v) is 2.41. The normalized spacial score (nSPS) is 12.3. The number of esters is 1. The summed E-state index contributed by atoms with van der Waals surface area (Å²) in [6.45, 7) is 3.78. The van der Waals surface area contributed by atoms with Gasteiger partial charge in [0.25, 0.3) is 0 Å². The van der Waals surface area contributed by atoms with Gasteiger partial charge in [-0.1, -0.05) is 0 Å². The highest BCUT2D eigenvalue weighted by Crippen LogP contribution is 2.29. The number of hydrogen-bond donors (Lipinski definition) is 1. The summed E-state index contributed by atoms with van der Waals surface area (Å²) in [5, 5.41) is 14.1. The van der Waals surface area contributed by atoms with Crippen molar-refractivity contribution in [3.05, 3.63) is 11.3 Å². The van der Waals surface area contributed by atoms with Crippen molar-refractivity contribution in [2.24, 2.45) is 7.05 Å². The van der Waals surface area contributed by atoms with Crippen molar-refractivity contribution in [3.8, 4) is 5.88 Å². The molecule has 1 heterocycles. The van der Waals surface area contributed by atoms with Gasteiger partial charge in [0.05, 0.1) is 37.5 Å². The highest BCUT2D eigenvalue weighted by atomic mass is 16.5. The Morgan fingerprint density at radius 1 is 1.59 bits per heavy atom. The van der Waals surface area contributed by atoms with Gasteiger partial charge in [0, 0.05) is 7.05 Å². The maximum atomic E-state index is 11.3. The van der Waals surface area contributed by atoms with Gasteiger partial charge in [0.15, 0.2) is 0 Å². The molecule has 0 spiro atoms. The number of aliphatic hydroxyl groups is 1. The highest BCUT2D eigenvalue weighted by molar-refractivity contribution is 5.70. The maximum Gasteiger partial charge on any atom is 0.308 e. The summed E-state index contributed by atoms with van der Waals surface area (Å²) in [4.78, 5) is 11.3. The lowest BCUT2D eigenvalue weighted by molar-refractivity contribution is -0.145. The fourth-order valence-corrected chi connectivity index (χ4v) is 1.76. The van der Waals surface area contributed by atoms with Crippen LogP contribution < -0.4 is 4.74 Å². The minimum Gasteiger partial charge on any atom is -0.481 e. The minimum atomic E-state index is -0.960. The van der Waals surface area contributed by atoms with Gasteiger partial charge in [-0.3, -0.25) is 4.79 Å². The Balaban J connectivity index is 2.88. The average molecular weight is 242 g/mol. The fourth-order valence-electron chi connectivity index (χ4n) is 1.76. The van der Waals surface area contributed by atoms with Crippen LogP contribution in [0.4, 0.5) is 0 Å². The van der Waals surface area contributed by atoms with E-state index in [9.17, 15) is 9.90 Å². The van der Waals surface area contributed by atoms with Gasteiger partial charge in [-0.25, -0.2) is 4.68 Å². The monoisotopic (exact) mass is 242 g/mol. The number of nitrogens with zero attached hydrogens (tertiary/aromatic N) is 2. The molecule has 1 atom stereocenters. The molecule has 0 radical (unpaired) electrons. The third kappa shape index (κ3) is 2.97. The molecule has 1 rings (SSSR count). The first-order valence-corrected chi connectivity index (χ1v) is 5.42. The Morgan fingerprint density at radius 3 is 2.76 bits per heavy atom. The molecule has 1 aromatic rings. The Hall–Kier alpha value is -1.56. The molecule has 1 aromatic heterocycles. The number of carbonyl (C=O) groups is 1. The number of hydrogen-bond acceptors (Lipinski definition) is 5. The third-order valence-electron chi connectivity index (χ3n) is 2.41. The molecule has 0 aliphatic carbocycles. The molecule has 0 aromatic carbocycles. The van der Waals surface area contributed by atoms with Crippen molar-refractivity contribution in [1.82, 2.24) is 9.78 Å². The van der Waals surface area contributed by atoms with Crippen molar-refractivity contribution in [2.75, 3.05) is 13.7 Å². The number of methoxy groups -OCH3 is 1. The Kier molecular flexibility index (Phi) is 4.51. The highest BCUT2D eigenvalue weighted by Gasteiger charge is 2.24. The van der Waals surface area contributed by atoms with E-state index in [-0.39, 0.29) is 6.42 Å². The van der Waals surface area contributed by atoms with Crippen LogP contribution >= 0.6 is 0 Å². The van der Waals surface area contributed by atoms with E-state index in [2.05, 4.69) is 5.10 Å². The van der Waals surface area contributed by atoms with Gasteiger partial charge >= 0.3 is 5.97 Å². The van der Waals surface area contributed by atoms with Gasteiger partial charge < -0.3 is 14.6 Å². The van der Waals surface area contributed by atoms with Crippen LogP contribution in [-0.4, -0.2) is 34.6 Å². The summed E-state index contributed by atoms with van der Waals surface area (Å²) in [6.07, 6.45) is -1.06. The molecule has 6 nitrogen and oxygen atoms in total. The summed E-state index contributed by atoms with van der Waals surface area (Å²) in [5.41, 5.74) is 1.17. The number of aryl methyl sites for hydroxylation is 2. The van der Waals surface area contributed by atoms with E-state index in [1.54, 1.807) is 20.9 Å². The summed E-state index contributed by atoms with van der Waals surface area (Å²) in [5.74, 6) is 0.0182. The van der Waals surface area contributed by atoms with Crippen LogP contribution in [0.5, 0.6) is 5.88 Å². The number of aliphatic hydroxyl groups excluding tert-OH is 1. The molecule has 0 bridgehead atoms. The number of carbonyl (C=O) groups excluding carboxylic acids is 1. The zero-order chi connectivity index (χ0) is 13.0. The lowest BCUT2D eigenvalue weighted by atomic mass is 10.1. The first-order chi connectivity index (χ1) is 8.01. The molecular formula is C11H18N2O4. The SMILES string of the molecule is CCOC(=O)CC(O)c1c(C)nn(C)c1OC. The van der Waals surface area contributed by atoms with E-state index in [0.29, 0.717) is 23.7 Å². The largest absolute Gasteiger partial charge is 0.481 e. The van der Waals surface area contributed by atoms with E-state index >= 15 is 0 Å². The molecule has 17 heavy (non-hydrogen) atoms. The van der Waals surface area contributed by atoms with Gasteiger partial charge in [0.2, 0.25) is 5.88 Å². The van der Waals surface area contributed by atoms with Crippen LogP contribution in [0, 0.1) is 6.92 Å². The van der Waals surface area contributed by atoms with Crippen molar-refractivity contribution < 1.29 is 19.4 Å². The molecule has 0 saturated carbocycles. The molecule has 0 amide bonds. The first-order valence-electron chi connectivity index (χ1n) is 5.42. The molecule has 96 valence electrons. The van der Waals surface area contributed by atoms with Crippen molar-refractivity contribution >= 4 is 5.97 Å². The van der Waals surface area contributed by atoms with E-state index in [4.69, 9.17) is 9.47 Å². The minimum absolute atomic E-state index is 0.100. The van der Waals surface area contributed by atoms with E-state index < -0.39 is 12.1 Å². The second-order valence-electron chi connectivity index (χ2n) is 3.66. The molecule has 0 aliphatic heterocycles. The van der Waals surface area contributed by atoms with Crippen molar-refractivity contribution in [3.63, 3.8) is 0 Å². The van der Waals surface area contributed by atoms with Crippen LogP contribution in [0.3, 0.4) is 0 Å². The van der Waals surface area contributed by atoms with Gasteiger partial charge in [-0.05, 0) is 13.8 Å². The van der Waals surface area contributed by atoms with Crippen LogP contribution in [0.1, 0.15) is 30.7 Å². The number of rotatable bonds is 5.